The SMILES string of the molecule is CO[C@@H](CN1[C@@H]2CC[C@H]1C[C@]1(CCN(C3=C(C)C(=O)OC3)C1=O)C2)c1ccc(-n2cnnn2)nc1. The first-order valence-electron chi connectivity index (χ1n) is 12.2. The second-order valence-electron chi connectivity index (χ2n) is 10.1. The molecule has 4 atom stereocenters. The number of tetrazole rings is 1. The monoisotopic (exact) mass is 479 g/mol. The van der Waals surface area contributed by atoms with Crippen molar-refractivity contribution in [2.75, 3.05) is 26.8 Å². The van der Waals surface area contributed by atoms with Crippen molar-refractivity contribution in [2.24, 2.45) is 5.41 Å². The smallest absolute Gasteiger partial charge is 0.336 e. The van der Waals surface area contributed by atoms with Gasteiger partial charge in [0, 0.05) is 44.0 Å². The number of cyclic esters (lactones) is 1. The second-order valence-corrected chi connectivity index (χ2v) is 10.1. The number of esters is 1. The van der Waals surface area contributed by atoms with Crippen LogP contribution in [0.2, 0.25) is 0 Å². The summed E-state index contributed by atoms with van der Waals surface area (Å²) in [6.45, 7) is 3.39. The number of ether oxygens (including phenoxy) is 2. The number of rotatable bonds is 6. The van der Waals surface area contributed by atoms with E-state index in [1.807, 2.05) is 23.2 Å². The van der Waals surface area contributed by atoms with Crippen LogP contribution in [0.1, 0.15) is 50.7 Å². The predicted molar refractivity (Wildman–Crippen MR) is 122 cm³/mol. The van der Waals surface area contributed by atoms with E-state index in [0.29, 0.717) is 30.0 Å². The van der Waals surface area contributed by atoms with Crippen LogP contribution in [0.15, 0.2) is 35.9 Å². The number of aromatic nitrogens is 5. The zero-order valence-corrected chi connectivity index (χ0v) is 20.0. The van der Waals surface area contributed by atoms with Gasteiger partial charge in [0.25, 0.3) is 0 Å². The van der Waals surface area contributed by atoms with Crippen LogP contribution in [0.25, 0.3) is 5.82 Å². The minimum Gasteiger partial charge on any atom is -0.456 e. The van der Waals surface area contributed by atoms with Crippen molar-refractivity contribution in [2.45, 2.75) is 57.2 Å². The molecule has 1 amide bonds. The highest BCUT2D eigenvalue weighted by Gasteiger charge is 2.56. The minimum absolute atomic E-state index is 0.118. The lowest BCUT2D eigenvalue weighted by atomic mass is 9.73. The second kappa shape index (κ2) is 8.49. The van der Waals surface area contributed by atoms with Crippen molar-refractivity contribution in [3.05, 3.63) is 41.5 Å². The van der Waals surface area contributed by atoms with Crippen LogP contribution in [-0.2, 0) is 19.1 Å². The number of likely N-dealkylation sites (tertiary alicyclic amines) is 1. The molecule has 2 aromatic rings. The van der Waals surface area contributed by atoms with E-state index in [-0.39, 0.29) is 30.0 Å². The average molecular weight is 480 g/mol. The average Bonchev–Trinajstić information content (AvgIpc) is 3.63. The lowest BCUT2D eigenvalue weighted by Crippen LogP contribution is -2.51. The fraction of sp³-hybridized carbons (Fsp3) is 0.583. The van der Waals surface area contributed by atoms with Crippen molar-refractivity contribution in [1.82, 2.24) is 35.0 Å². The van der Waals surface area contributed by atoms with Gasteiger partial charge < -0.3 is 14.4 Å². The summed E-state index contributed by atoms with van der Waals surface area (Å²) in [6.07, 6.45) is 7.95. The molecule has 6 heterocycles. The van der Waals surface area contributed by atoms with E-state index < -0.39 is 0 Å². The Balaban J connectivity index is 1.16. The molecule has 184 valence electrons. The Hall–Kier alpha value is -3.18. The molecule has 0 N–H and O–H groups in total. The number of amides is 1. The van der Waals surface area contributed by atoms with Crippen LogP contribution in [0.5, 0.6) is 0 Å². The molecule has 0 radical (unpaired) electrons. The van der Waals surface area contributed by atoms with Gasteiger partial charge in [-0.2, -0.15) is 4.68 Å². The molecule has 2 bridgehead atoms. The Morgan fingerprint density at radius 2 is 2.03 bits per heavy atom. The first kappa shape index (κ1) is 22.3. The zero-order valence-electron chi connectivity index (χ0n) is 20.0. The first-order chi connectivity index (χ1) is 17.0. The first-order valence-corrected chi connectivity index (χ1v) is 12.2. The molecule has 4 aliphatic heterocycles. The highest BCUT2D eigenvalue weighted by atomic mass is 16.5. The largest absolute Gasteiger partial charge is 0.456 e. The van der Waals surface area contributed by atoms with E-state index >= 15 is 0 Å². The van der Waals surface area contributed by atoms with Gasteiger partial charge in [-0.3, -0.25) is 9.69 Å². The van der Waals surface area contributed by atoms with Crippen molar-refractivity contribution in [3.8, 4) is 5.82 Å². The van der Waals surface area contributed by atoms with Gasteiger partial charge in [-0.05, 0) is 55.5 Å². The fourth-order valence-corrected chi connectivity index (χ4v) is 6.44. The topological polar surface area (TPSA) is 116 Å². The Labute approximate surface area is 203 Å². The number of pyridine rings is 1. The normalized spacial score (nSPS) is 29.5. The lowest BCUT2D eigenvalue weighted by Gasteiger charge is -2.44. The van der Waals surface area contributed by atoms with Crippen LogP contribution >= 0.6 is 0 Å². The summed E-state index contributed by atoms with van der Waals surface area (Å²) in [7, 11) is 1.73. The summed E-state index contributed by atoms with van der Waals surface area (Å²) >= 11 is 0. The van der Waals surface area contributed by atoms with Gasteiger partial charge in [0.1, 0.15) is 12.9 Å². The molecular weight excluding hydrogens is 450 g/mol. The van der Waals surface area contributed by atoms with E-state index in [0.717, 1.165) is 49.9 Å². The van der Waals surface area contributed by atoms with Gasteiger partial charge in [0.2, 0.25) is 5.91 Å². The Kier molecular flexibility index (Phi) is 5.41. The zero-order chi connectivity index (χ0) is 24.2. The lowest BCUT2D eigenvalue weighted by molar-refractivity contribution is -0.140. The molecule has 0 aromatic carbocycles. The van der Waals surface area contributed by atoms with Gasteiger partial charge in [0.05, 0.1) is 22.8 Å². The van der Waals surface area contributed by atoms with E-state index in [9.17, 15) is 9.59 Å². The van der Waals surface area contributed by atoms with Crippen molar-refractivity contribution < 1.29 is 19.1 Å². The number of hydrogen-bond donors (Lipinski definition) is 0. The molecule has 3 saturated heterocycles. The summed E-state index contributed by atoms with van der Waals surface area (Å²) in [4.78, 5) is 34.3. The Morgan fingerprint density at radius 1 is 1.23 bits per heavy atom. The van der Waals surface area contributed by atoms with Crippen molar-refractivity contribution >= 4 is 11.9 Å². The summed E-state index contributed by atoms with van der Waals surface area (Å²) in [5, 5.41) is 11.2. The number of piperidine rings is 1. The van der Waals surface area contributed by atoms with Gasteiger partial charge in [-0.1, -0.05) is 6.07 Å². The third-order valence-electron chi connectivity index (χ3n) is 8.33. The van der Waals surface area contributed by atoms with Gasteiger partial charge in [-0.25, -0.2) is 9.78 Å². The third kappa shape index (κ3) is 3.64. The summed E-state index contributed by atoms with van der Waals surface area (Å²) in [6, 6.07) is 4.59. The molecule has 0 aliphatic carbocycles. The maximum Gasteiger partial charge on any atom is 0.336 e. The molecule has 0 saturated carbocycles. The molecule has 4 aliphatic rings. The molecule has 1 spiro atoms. The quantitative estimate of drug-likeness (QED) is 0.567. The van der Waals surface area contributed by atoms with Crippen molar-refractivity contribution in [3.63, 3.8) is 0 Å². The van der Waals surface area contributed by atoms with Crippen LogP contribution in [0, 0.1) is 5.41 Å². The van der Waals surface area contributed by atoms with E-state index in [1.54, 1.807) is 14.0 Å². The fourth-order valence-electron chi connectivity index (χ4n) is 6.44. The summed E-state index contributed by atoms with van der Waals surface area (Å²) in [5.41, 5.74) is 1.99. The molecule has 0 unspecified atom stereocenters. The molecular formula is C24H29N7O4. The van der Waals surface area contributed by atoms with Crippen LogP contribution in [-0.4, -0.2) is 85.8 Å². The van der Waals surface area contributed by atoms with Gasteiger partial charge >= 0.3 is 5.97 Å². The molecule has 6 rings (SSSR count). The number of carbonyl (C=O) groups excluding carboxylic acids is 2. The highest BCUT2D eigenvalue weighted by molar-refractivity contribution is 5.94. The molecule has 2 aromatic heterocycles. The van der Waals surface area contributed by atoms with Crippen LogP contribution in [0.3, 0.4) is 0 Å². The molecule has 11 heteroatoms. The number of hydrogen-bond acceptors (Lipinski definition) is 9. The Bertz CT molecular complexity index is 1150. The van der Waals surface area contributed by atoms with Crippen molar-refractivity contribution in [1.29, 1.82) is 0 Å². The molecule has 11 nitrogen and oxygen atoms in total. The third-order valence-corrected chi connectivity index (χ3v) is 8.33. The van der Waals surface area contributed by atoms with E-state index in [4.69, 9.17) is 9.47 Å². The molecule has 35 heavy (non-hydrogen) atoms. The number of methoxy groups -OCH3 is 1. The molecule has 3 fully saturated rings. The minimum atomic E-state index is -0.334. The number of carbonyl (C=O) groups is 2. The van der Waals surface area contributed by atoms with Gasteiger partial charge in [-0.15, -0.1) is 5.10 Å². The summed E-state index contributed by atoms with van der Waals surface area (Å²) in [5.74, 6) is 0.514. The summed E-state index contributed by atoms with van der Waals surface area (Å²) < 4.78 is 12.6. The standard InChI is InChI=1S/C24H29N7O4/c1-15-19(13-35-22(15)32)29-8-7-24(23(29)33)9-17-4-5-18(10-24)30(17)12-20(34-2)16-3-6-21(25-11-16)31-14-26-27-28-31/h3,6,11,14,17-18,20H,4-5,7-10,12-13H2,1-2H3/t17-,18+,20-,24+/m0/s1. The highest BCUT2D eigenvalue weighted by Crippen LogP contribution is 2.52. The van der Waals surface area contributed by atoms with Gasteiger partial charge in [0.15, 0.2) is 5.82 Å². The Morgan fingerprint density at radius 3 is 2.63 bits per heavy atom. The van der Waals surface area contributed by atoms with Crippen LogP contribution in [0.4, 0.5) is 0 Å². The predicted octanol–water partition coefficient (Wildman–Crippen LogP) is 1.42. The number of fused-ring (bicyclic) bond motifs is 2. The van der Waals surface area contributed by atoms with E-state index in [1.165, 1.54) is 11.0 Å². The maximum atomic E-state index is 13.6. The van der Waals surface area contributed by atoms with E-state index in [2.05, 4.69) is 25.4 Å². The number of nitrogens with zero attached hydrogens (tertiary/aromatic N) is 7. The maximum absolute atomic E-state index is 13.6. The van der Waals surface area contributed by atoms with Crippen LogP contribution < -0.4 is 0 Å².